The van der Waals surface area contributed by atoms with E-state index in [1.54, 1.807) is 0 Å². The molecular formula is C13H4N18O13. The van der Waals surface area contributed by atoms with Crippen molar-refractivity contribution in [3.63, 3.8) is 0 Å². The van der Waals surface area contributed by atoms with Crippen LogP contribution >= 0.6 is 0 Å². The van der Waals surface area contributed by atoms with E-state index in [4.69, 9.17) is 22.1 Å². The van der Waals surface area contributed by atoms with Crippen molar-refractivity contribution in [2.75, 3.05) is 0 Å². The van der Waals surface area contributed by atoms with Crippen molar-refractivity contribution in [3.05, 3.63) is 127 Å². The molecule has 31 nitrogen and oxygen atoms in total. The highest BCUT2D eigenvalue weighted by molar-refractivity contribution is 5.85. The fraction of sp³-hybridized carbons (Fsp3) is 0.0769. The molecule has 0 aromatic heterocycles. The minimum absolute atomic E-state index is 0.410. The van der Waals surface area contributed by atoms with Crippen LogP contribution in [0.1, 0.15) is 0 Å². The van der Waals surface area contributed by atoms with Crippen LogP contribution in [0, 0.1) is 60.7 Å². The number of benzene rings is 2. The highest BCUT2D eigenvalue weighted by Gasteiger charge is 2.76. The summed E-state index contributed by atoms with van der Waals surface area (Å²) in [6.07, 6.45) is 0. The lowest BCUT2D eigenvalue weighted by Crippen LogP contribution is -2.57. The molecule has 224 valence electrons. The molecule has 44 heavy (non-hydrogen) atoms. The van der Waals surface area contributed by atoms with Gasteiger partial charge in [-0.25, -0.2) is 30.3 Å². The van der Waals surface area contributed by atoms with Crippen LogP contribution in [0.15, 0.2) is 44.7 Å². The molecule has 0 unspecified atom stereocenters. The van der Waals surface area contributed by atoms with Gasteiger partial charge in [0, 0.05) is 19.6 Å². The normalized spacial score (nSPS) is 9.55. The van der Waals surface area contributed by atoms with E-state index in [2.05, 4.69) is 44.8 Å². The predicted octanol–water partition coefficient (Wildman–Crippen LogP) is 5.69. The standard InChI is InChI=1S/C7H3N9O7.C6HN9O6/c8-12-10-4-2-1-3-5(6(4)11-13-9)23-7(14(17)18,15(19)20)16(21)22;7-11-9-2-1-3(10-12-8)5(14(18)19)6(15(20)21)4(2)13(16)17/h1-3H;1H. The number of hydrogen-bond donors (Lipinski definition) is 0. The number of rotatable bonds is 12. The molecule has 2 rings (SSSR count). The quantitative estimate of drug-likeness (QED) is 0.0688. The van der Waals surface area contributed by atoms with Gasteiger partial charge in [0.2, 0.25) is 14.8 Å². The van der Waals surface area contributed by atoms with Gasteiger partial charge >= 0.3 is 23.0 Å². The summed E-state index contributed by atoms with van der Waals surface area (Å²) < 4.78 is 4.31. The number of azide groups is 4. The third-order valence-electron chi connectivity index (χ3n) is 4.30. The first-order valence-corrected chi connectivity index (χ1v) is 9.76. The fourth-order valence-electron chi connectivity index (χ4n) is 2.73. The molecule has 0 saturated carbocycles. The number of nitro groups is 6. The van der Waals surface area contributed by atoms with Crippen LogP contribution in [0.3, 0.4) is 0 Å². The first-order chi connectivity index (χ1) is 20.7. The van der Waals surface area contributed by atoms with Crippen LogP contribution in [0.4, 0.5) is 39.8 Å². The van der Waals surface area contributed by atoms with Gasteiger partial charge in [0.25, 0.3) is 0 Å². The van der Waals surface area contributed by atoms with Crippen molar-refractivity contribution < 1.29 is 34.3 Å². The lowest BCUT2D eigenvalue weighted by Gasteiger charge is -2.11. The molecule has 0 atom stereocenters. The van der Waals surface area contributed by atoms with Gasteiger partial charge in [-0.2, -0.15) is 0 Å². The average molecular weight is 620 g/mol. The summed E-state index contributed by atoms with van der Waals surface area (Å²) in [5.74, 6) is -5.16. The molecule has 0 amide bonds. The van der Waals surface area contributed by atoms with Gasteiger partial charge in [0.05, 0.1) is 26.1 Å². The van der Waals surface area contributed by atoms with E-state index in [9.17, 15) is 60.7 Å². The molecule has 31 heteroatoms. The van der Waals surface area contributed by atoms with Gasteiger partial charge in [-0.3, -0.25) is 30.3 Å². The maximum Gasteiger partial charge on any atom is 0.890 e. The van der Waals surface area contributed by atoms with Gasteiger partial charge in [-0.05, 0) is 34.3 Å². The molecule has 0 radical (unpaired) electrons. The van der Waals surface area contributed by atoms with Crippen LogP contribution < -0.4 is 4.74 Å². The highest BCUT2D eigenvalue weighted by Crippen LogP contribution is 2.49. The zero-order chi connectivity index (χ0) is 33.8. The van der Waals surface area contributed by atoms with E-state index < -0.39 is 81.1 Å². The largest absolute Gasteiger partial charge is 0.890 e. The molecule has 0 bridgehead atoms. The predicted molar refractivity (Wildman–Crippen MR) is 132 cm³/mol. The van der Waals surface area contributed by atoms with Gasteiger partial charge in [0.15, 0.2) is 5.75 Å². The first kappa shape index (κ1) is 33.9. The molecular weight excluding hydrogens is 616 g/mol. The smallest absolute Gasteiger partial charge is 0.306 e. The number of ether oxygens (including phenoxy) is 1. The Bertz CT molecular complexity index is 1710. The van der Waals surface area contributed by atoms with Crippen LogP contribution in [0.5, 0.6) is 5.75 Å². The van der Waals surface area contributed by atoms with Gasteiger partial charge in [0.1, 0.15) is 11.4 Å². The zero-order valence-electron chi connectivity index (χ0n) is 20.2. The Labute approximate surface area is 233 Å². The third-order valence-corrected chi connectivity index (χ3v) is 4.30. The minimum atomic E-state index is -4.27. The summed E-state index contributed by atoms with van der Waals surface area (Å²) in [4.78, 5) is 64.5. The van der Waals surface area contributed by atoms with E-state index in [0.717, 1.165) is 18.2 Å². The Hall–Kier alpha value is -8.12. The third kappa shape index (κ3) is 6.90. The number of nitro benzene ring substituents is 3. The van der Waals surface area contributed by atoms with Crippen molar-refractivity contribution in [3.8, 4) is 5.75 Å². The van der Waals surface area contributed by atoms with Gasteiger partial charge in [-0.15, -0.1) is 0 Å². The molecule has 2 aromatic carbocycles. The number of nitrogens with zero attached hydrogens (tertiary/aromatic N) is 18. The van der Waals surface area contributed by atoms with Crippen molar-refractivity contribution >= 4 is 39.8 Å². The molecule has 2 aromatic rings. The summed E-state index contributed by atoms with van der Waals surface area (Å²) >= 11 is 0. The summed E-state index contributed by atoms with van der Waals surface area (Å²) in [5.41, 5.74) is 26.2. The fourth-order valence-corrected chi connectivity index (χ4v) is 2.73. The van der Waals surface area contributed by atoms with Crippen molar-refractivity contribution in [1.82, 2.24) is 0 Å². The van der Waals surface area contributed by atoms with E-state index in [0.29, 0.717) is 6.07 Å². The zero-order valence-corrected chi connectivity index (χ0v) is 20.2. The molecule has 0 aliphatic rings. The molecule has 0 aliphatic heterocycles. The molecule has 0 saturated heterocycles. The summed E-state index contributed by atoms with van der Waals surface area (Å²) in [7, 11) is 0. The van der Waals surface area contributed by atoms with Crippen LogP contribution in [-0.2, 0) is 0 Å². The second-order valence-corrected chi connectivity index (χ2v) is 6.56. The molecule has 0 aliphatic carbocycles. The monoisotopic (exact) mass is 620 g/mol. The summed E-state index contributed by atoms with van der Waals surface area (Å²) in [6, 6.07) is 3.48. The maximum atomic E-state index is 10.9. The molecule has 0 heterocycles. The Kier molecular flexibility index (Phi) is 11.0. The summed E-state index contributed by atoms with van der Waals surface area (Å²) in [6.45, 7) is 0. The van der Waals surface area contributed by atoms with Crippen molar-refractivity contribution in [1.29, 1.82) is 0 Å². The van der Waals surface area contributed by atoms with Gasteiger partial charge in [-0.1, -0.05) is 32.6 Å². The second-order valence-electron chi connectivity index (χ2n) is 6.56. The minimum Gasteiger partial charge on any atom is -0.306 e. The number of hydrogen-bond acceptors (Lipinski definition) is 17. The van der Waals surface area contributed by atoms with Crippen LogP contribution in [-0.4, -0.2) is 35.5 Å². The van der Waals surface area contributed by atoms with E-state index >= 15 is 0 Å². The van der Waals surface area contributed by atoms with Crippen molar-refractivity contribution in [2.45, 2.75) is 5.97 Å². The maximum absolute atomic E-state index is 10.9. The Morgan fingerprint density at radius 1 is 0.591 bits per heavy atom. The Morgan fingerprint density at radius 3 is 1.32 bits per heavy atom. The molecule has 0 spiro atoms. The topological polar surface area (TPSA) is 463 Å². The Morgan fingerprint density at radius 2 is 0.977 bits per heavy atom. The second kappa shape index (κ2) is 14.3. The van der Waals surface area contributed by atoms with Crippen LogP contribution in [0.2, 0.25) is 0 Å². The average Bonchev–Trinajstić information content (AvgIpc) is 2.92. The van der Waals surface area contributed by atoms with E-state index in [1.165, 1.54) is 0 Å². The van der Waals surface area contributed by atoms with E-state index in [1.807, 2.05) is 0 Å². The van der Waals surface area contributed by atoms with Crippen molar-refractivity contribution in [2.24, 2.45) is 20.5 Å². The lowest BCUT2D eigenvalue weighted by molar-refractivity contribution is -1.01. The first-order valence-electron chi connectivity index (χ1n) is 9.76. The highest BCUT2D eigenvalue weighted by atomic mass is 16.8. The Balaban J connectivity index is 0.000000442. The SMILES string of the molecule is [N-]=[N+]=Nc1cc(N=[N+]=[N-])c([N+](=O)[O-])c([N+](=O)[O-])c1[N+](=O)[O-].[N-]=[N+]=Nc1cccc(OC([N+](=O)[O-])([N+](=O)[O-])[N+](=O)[O-])c1N=[N+]=[N-]. The molecule has 0 fully saturated rings. The molecule has 0 N–H and O–H groups in total. The van der Waals surface area contributed by atoms with Gasteiger partial charge < -0.3 is 4.74 Å². The lowest BCUT2D eigenvalue weighted by atomic mass is 10.1. The van der Waals surface area contributed by atoms with E-state index in [-0.39, 0.29) is 0 Å². The summed E-state index contributed by atoms with van der Waals surface area (Å²) in [5, 5.41) is 76.8. The van der Waals surface area contributed by atoms with Crippen LogP contribution in [0.25, 0.3) is 41.8 Å².